The number of halogens is 2. The molecule has 6 heteroatoms. The van der Waals surface area contributed by atoms with E-state index in [0.717, 1.165) is 35.3 Å². The fraction of sp³-hybridized carbons (Fsp3) is 0.462. The topological polar surface area (TPSA) is 34.6 Å². The molecular weight excluding hydrogens is 379 g/mol. The van der Waals surface area contributed by atoms with E-state index in [0.29, 0.717) is 10.9 Å². The third kappa shape index (κ3) is 2.91. The highest BCUT2D eigenvalue weighted by atomic mass is 127. The molecule has 4 nitrogen and oxygen atoms in total. The summed E-state index contributed by atoms with van der Waals surface area (Å²) in [6, 6.07) is 2.04. The van der Waals surface area contributed by atoms with Crippen molar-refractivity contribution in [3.05, 3.63) is 33.4 Å². The van der Waals surface area contributed by atoms with Crippen LogP contribution in [-0.4, -0.2) is 24.4 Å². The lowest BCUT2D eigenvalue weighted by Crippen LogP contribution is -2.38. The largest absolute Gasteiger partial charge is 0.459 e. The SMILES string of the molecule is Clc1cnc(N2CCC(C3OC=CO3)CC2)cc1I. The van der Waals surface area contributed by atoms with Gasteiger partial charge in [-0.05, 0) is 41.5 Å². The minimum absolute atomic E-state index is 0.0968. The van der Waals surface area contributed by atoms with Crippen molar-refractivity contribution in [2.45, 2.75) is 19.1 Å². The van der Waals surface area contributed by atoms with Crippen molar-refractivity contribution >= 4 is 40.0 Å². The summed E-state index contributed by atoms with van der Waals surface area (Å²) in [7, 11) is 0. The van der Waals surface area contributed by atoms with Gasteiger partial charge in [0, 0.05) is 28.8 Å². The minimum atomic E-state index is -0.0968. The van der Waals surface area contributed by atoms with Crippen molar-refractivity contribution in [1.82, 2.24) is 4.98 Å². The Hall–Kier alpha value is -0.690. The maximum absolute atomic E-state index is 6.00. The first-order chi connectivity index (χ1) is 9.24. The molecule has 3 rings (SSSR count). The Morgan fingerprint density at radius 2 is 1.95 bits per heavy atom. The molecule has 1 aromatic rings. The van der Waals surface area contributed by atoms with Crippen LogP contribution in [0.5, 0.6) is 0 Å². The Bertz CT molecular complexity index is 482. The van der Waals surface area contributed by atoms with Gasteiger partial charge in [0.25, 0.3) is 0 Å². The summed E-state index contributed by atoms with van der Waals surface area (Å²) >= 11 is 8.23. The summed E-state index contributed by atoms with van der Waals surface area (Å²) in [5.41, 5.74) is 0. The van der Waals surface area contributed by atoms with E-state index >= 15 is 0 Å². The van der Waals surface area contributed by atoms with Crippen LogP contribution in [0.2, 0.25) is 5.02 Å². The Labute approximate surface area is 130 Å². The second-order valence-electron chi connectivity index (χ2n) is 4.69. The van der Waals surface area contributed by atoms with Crippen LogP contribution in [-0.2, 0) is 9.47 Å². The second-order valence-corrected chi connectivity index (χ2v) is 6.26. The van der Waals surface area contributed by atoms with Crippen molar-refractivity contribution in [3.8, 4) is 0 Å². The number of ether oxygens (including phenoxy) is 2. The summed E-state index contributed by atoms with van der Waals surface area (Å²) in [5, 5.41) is 0.707. The van der Waals surface area contributed by atoms with Crippen LogP contribution in [0.3, 0.4) is 0 Å². The molecule has 0 saturated carbocycles. The van der Waals surface area contributed by atoms with Crippen molar-refractivity contribution in [1.29, 1.82) is 0 Å². The fourth-order valence-corrected chi connectivity index (χ4v) is 2.97. The van der Waals surface area contributed by atoms with E-state index in [1.54, 1.807) is 18.7 Å². The van der Waals surface area contributed by atoms with Crippen LogP contribution >= 0.6 is 34.2 Å². The third-order valence-electron chi connectivity index (χ3n) is 3.52. The molecule has 1 fully saturated rings. The van der Waals surface area contributed by atoms with Crippen molar-refractivity contribution in [3.63, 3.8) is 0 Å². The predicted molar refractivity (Wildman–Crippen MR) is 82.0 cm³/mol. The fourth-order valence-electron chi connectivity index (χ4n) is 2.45. The Balaban J connectivity index is 1.61. The normalized spacial score (nSPS) is 20.4. The minimum Gasteiger partial charge on any atom is -0.459 e. The van der Waals surface area contributed by atoms with Crippen LogP contribution < -0.4 is 4.90 Å². The van der Waals surface area contributed by atoms with E-state index in [4.69, 9.17) is 21.1 Å². The average molecular weight is 393 g/mol. The lowest BCUT2D eigenvalue weighted by molar-refractivity contribution is -0.0728. The average Bonchev–Trinajstić information content (AvgIpc) is 2.96. The smallest absolute Gasteiger partial charge is 0.242 e. The van der Waals surface area contributed by atoms with Gasteiger partial charge in [0.2, 0.25) is 6.29 Å². The van der Waals surface area contributed by atoms with Gasteiger partial charge in [-0.25, -0.2) is 4.98 Å². The first-order valence-electron chi connectivity index (χ1n) is 6.26. The predicted octanol–water partition coefficient (Wildman–Crippen LogP) is 3.40. The van der Waals surface area contributed by atoms with Gasteiger partial charge < -0.3 is 14.4 Å². The lowest BCUT2D eigenvalue weighted by atomic mass is 9.96. The number of pyridine rings is 1. The van der Waals surface area contributed by atoms with Gasteiger partial charge in [-0.15, -0.1) is 0 Å². The van der Waals surface area contributed by atoms with Crippen LogP contribution in [0.15, 0.2) is 24.8 Å². The number of nitrogens with zero attached hydrogens (tertiary/aromatic N) is 2. The number of aromatic nitrogens is 1. The quantitative estimate of drug-likeness (QED) is 0.723. The van der Waals surface area contributed by atoms with E-state index in [1.807, 2.05) is 6.07 Å². The number of hydrogen-bond acceptors (Lipinski definition) is 4. The van der Waals surface area contributed by atoms with Gasteiger partial charge in [-0.3, -0.25) is 0 Å². The summed E-state index contributed by atoms with van der Waals surface area (Å²) in [5.74, 6) is 1.45. The molecule has 0 aromatic carbocycles. The van der Waals surface area contributed by atoms with Gasteiger partial charge in [-0.1, -0.05) is 11.6 Å². The monoisotopic (exact) mass is 392 g/mol. The molecule has 0 unspecified atom stereocenters. The molecule has 1 saturated heterocycles. The van der Waals surface area contributed by atoms with Crippen LogP contribution in [0.1, 0.15) is 12.8 Å². The number of hydrogen-bond donors (Lipinski definition) is 0. The van der Waals surface area contributed by atoms with Gasteiger partial charge in [0.1, 0.15) is 18.3 Å². The summed E-state index contributed by atoms with van der Waals surface area (Å²) in [4.78, 5) is 6.69. The highest BCUT2D eigenvalue weighted by Crippen LogP contribution is 2.29. The number of piperidine rings is 1. The van der Waals surface area contributed by atoms with Crippen molar-refractivity contribution in [2.75, 3.05) is 18.0 Å². The van der Waals surface area contributed by atoms with Crippen LogP contribution in [0, 0.1) is 9.49 Å². The van der Waals surface area contributed by atoms with E-state index in [9.17, 15) is 0 Å². The third-order valence-corrected chi connectivity index (χ3v) is 5.04. The Kier molecular flexibility index (Phi) is 4.02. The van der Waals surface area contributed by atoms with Crippen LogP contribution in [0.25, 0.3) is 0 Å². The molecule has 0 radical (unpaired) electrons. The molecule has 0 amide bonds. The van der Waals surface area contributed by atoms with E-state index in [1.165, 1.54) is 0 Å². The maximum Gasteiger partial charge on any atom is 0.242 e. The molecule has 19 heavy (non-hydrogen) atoms. The van der Waals surface area contributed by atoms with Crippen molar-refractivity contribution in [2.24, 2.45) is 5.92 Å². The highest BCUT2D eigenvalue weighted by Gasteiger charge is 2.30. The number of anilines is 1. The second kappa shape index (κ2) is 5.75. The molecule has 0 bridgehead atoms. The van der Waals surface area contributed by atoms with Crippen LogP contribution in [0.4, 0.5) is 5.82 Å². The summed E-state index contributed by atoms with van der Waals surface area (Å²) < 4.78 is 11.9. The molecule has 0 aliphatic carbocycles. The molecule has 2 aliphatic heterocycles. The zero-order valence-electron chi connectivity index (χ0n) is 10.3. The highest BCUT2D eigenvalue weighted by molar-refractivity contribution is 14.1. The van der Waals surface area contributed by atoms with Gasteiger partial charge in [0.05, 0.1) is 5.02 Å². The molecule has 0 N–H and O–H groups in total. The summed E-state index contributed by atoms with van der Waals surface area (Å²) in [6.45, 7) is 1.94. The Morgan fingerprint density at radius 1 is 1.26 bits per heavy atom. The molecule has 0 spiro atoms. The molecule has 102 valence electrons. The zero-order chi connectivity index (χ0) is 13.2. The van der Waals surface area contributed by atoms with E-state index in [2.05, 4.69) is 32.5 Å². The maximum atomic E-state index is 6.00. The molecule has 0 atom stereocenters. The number of rotatable bonds is 2. The molecule has 1 aromatic heterocycles. The van der Waals surface area contributed by atoms with E-state index < -0.39 is 0 Å². The lowest BCUT2D eigenvalue weighted by Gasteiger charge is -2.34. The first kappa shape index (κ1) is 13.3. The summed E-state index contributed by atoms with van der Waals surface area (Å²) in [6.07, 6.45) is 6.97. The molecular formula is C13H14ClIN2O2. The Morgan fingerprint density at radius 3 is 2.58 bits per heavy atom. The van der Waals surface area contributed by atoms with Gasteiger partial charge in [0.15, 0.2) is 0 Å². The van der Waals surface area contributed by atoms with Gasteiger partial charge >= 0.3 is 0 Å². The van der Waals surface area contributed by atoms with Crippen molar-refractivity contribution < 1.29 is 9.47 Å². The molecule has 3 heterocycles. The van der Waals surface area contributed by atoms with E-state index in [-0.39, 0.29) is 6.29 Å². The standard InChI is InChI=1S/C13H14ClIN2O2/c14-10-8-16-12(7-11(10)15)17-3-1-9(2-4-17)13-18-5-6-19-13/h5-9,13H,1-4H2. The first-order valence-corrected chi connectivity index (χ1v) is 7.71. The van der Waals surface area contributed by atoms with Gasteiger partial charge in [-0.2, -0.15) is 0 Å². The molecule has 2 aliphatic rings. The zero-order valence-corrected chi connectivity index (χ0v) is 13.2.